The molecule has 1 fully saturated rings. The largest absolute Gasteiger partial charge is 0.493 e. The maximum Gasteiger partial charge on any atom is 0.325 e. The summed E-state index contributed by atoms with van der Waals surface area (Å²) in [6, 6.07) is 10.6. The number of carbonyl (C=O) groups is 3. The van der Waals surface area contributed by atoms with E-state index >= 15 is 0 Å². The van der Waals surface area contributed by atoms with E-state index < -0.39 is 35.7 Å². The Morgan fingerprint density at radius 2 is 2.07 bits per heavy atom. The molecule has 1 spiro atoms. The second kappa shape index (κ2) is 6.63. The van der Waals surface area contributed by atoms with Crippen LogP contribution in [0, 0.1) is 12.7 Å². The molecule has 4 amide bonds. The van der Waals surface area contributed by atoms with Crippen molar-refractivity contribution in [3.63, 3.8) is 0 Å². The zero-order valence-electron chi connectivity index (χ0n) is 15.1. The molecule has 8 heteroatoms. The van der Waals surface area contributed by atoms with Gasteiger partial charge in [0, 0.05) is 17.7 Å². The number of imide groups is 1. The van der Waals surface area contributed by atoms with Crippen LogP contribution in [-0.2, 0) is 15.1 Å². The van der Waals surface area contributed by atoms with E-state index in [1.54, 1.807) is 37.3 Å². The summed E-state index contributed by atoms with van der Waals surface area (Å²) in [7, 11) is 0. The number of aryl methyl sites for hydroxylation is 1. The van der Waals surface area contributed by atoms with Crippen LogP contribution >= 0.6 is 0 Å². The highest BCUT2D eigenvalue weighted by Gasteiger charge is 2.55. The first-order valence-electron chi connectivity index (χ1n) is 8.83. The molecule has 0 aromatic heterocycles. The van der Waals surface area contributed by atoms with E-state index in [0.717, 1.165) is 4.90 Å². The third-order valence-corrected chi connectivity index (χ3v) is 5.01. The molecule has 0 radical (unpaired) electrons. The minimum atomic E-state index is -1.23. The van der Waals surface area contributed by atoms with E-state index in [0.29, 0.717) is 16.9 Å². The number of para-hydroxylation sites is 1. The molecule has 2 N–H and O–H groups in total. The van der Waals surface area contributed by atoms with E-state index in [2.05, 4.69) is 10.6 Å². The van der Waals surface area contributed by atoms with Gasteiger partial charge in [0.05, 0.1) is 6.61 Å². The van der Waals surface area contributed by atoms with E-state index in [-0.39, 0.29) is 18.7 Å². The second-order valence-electron chi connectivity index (χ2n) is 6.83. The predicted octanol–water partition coefficient (Wildman–Crippen LogP) is 2.30. The predicted molar refractivity (Wildman–Crippen MR) is 98.2 cm³/mol. The van der Waals surface area contributed by atoms with E-state index in [1.165, 1.54) is 12.1 Å². The van der Waals surface area contributed by atoms with Crippen LogP contribution < -0.4 is 15.4 Å². The Labute approximate surface area is 160 Å². The molecule has 144 valence electrons. The minimum absolute atomic E-state index is 0.256. The Morgan fingerprint density at radius 3 is 2.86 bits per heavy atom. The van der Waals surface area contributed by atoms with Crippen molar-refractivity contribution in [1.82, 2.24) is 10.2 Å². The van der Waals surface area contributed by atoms with Crippen molar-refractivity contribution in [3.8, 4) is 5.75 Å². The third kappa shape index (κ3) is 2.87. The summed E-state index contributed by atoms with van der Waals surface area (Å²) in [6.45, 7) is 1.41. The first-order chi connectivity index (χ1) is 13.4. The molecule has 2 aliphatic rings. The van der Waals surface area contributed by atoms with Crippen LogP contribution in [0.15, 0.2) is 42.5 Å². The lowest BCUT2D eigenvalue weighted by Gasteiger charge is -2.33. The number of nitrogens with one attached hydrogen (secondary N) is 2. The smallest absolute Gasteiger partial charge is 0.325 e. The highest BCUT2D eigenvalue weighted by atomic mass is 19.1. The van der Waals surface area contributed by atoms with Crippen molar-refractivity contribution in [2.24, 2.45) is 0 Å². The summed E-state index contributed by atoms with van der Waals surface area (Å²) < 4.78 is 19.2. The summed E-state index contributed by atoms with van der Waals surface area (Å²) in [6.07, 6.45) is 0.274. The topological polar surface area (TPSA) is 87.7 Å². The quantitative estimate of drug-likeness (QED) is 0.797. The van der Waals surface area contributed by atoms with Crippen LogP contribution in [0.25, 0.3) is 0 Å². The second-order valence-corrected chi connectivity index (χ2v) is 6.83. The Balaban J connectivity index is 1.54. The maximum atomic E-state index is 13.6. The van der Waals surface area contributed by atoms with Crippen LogP contribution in [0.4, 0.5) is 14.9 Å². The number of urea groups is 1. The van der Waals surface area contributed by atoms with Gasteiger partial charge in [0.25, 0.3) is 5.91 Å². The average molecular weight is 383 g/mol. The van der Waals surface area contributed by atoms with Crippen LogP contribution in [0.3, 0.4) is 0 Å². The number of halogens is 1. The van der Waals surface area contributed by atoms with Gasteiger partial charge in [-0.25, -0.2) is 9.18 Å². The zero-order valence-corrected chi connectivity index (χ0v) is 15.1. The van der Waals surface area contributed by atoms with Crippen molar-refractivity contribution in [3.05, 3.63) is 59.4 Å². The molecule has 7 nitrogen and oxygen atoms in total. The lowest BCUT2D eigenvalue weighted by molar-refractivity contribution is -0.135. The molecule has 1 atom stereocenters. The van der Waals surface area contributed by atoms with Gasteiger partial charge >= 0.3 is 6.03 Å². The normalized spacial score (nSPS) is 20.6. The standard InChI is InChI=1S/C20H18FN3O4/c1-12-6-7-13(10-15(12)21)22-17(25)11-24-18(26)20(23-19(24)27)8-9-28-16-5-3-2-4-14(16)20/h2-7,10H,8-9,11H2,1H3,(H,22,25)(H,23,27)/t20-/m0/s1. The number of rotatable bonds is 3. The number of carbonyl (C=O) groups excluding carboxylic acids is 3. The molecular formula is C20H18FN3O4. The van der Waals surface area contributed by atoms with Gasteiger partial charge in [-0.2, -0.15) is 0 Å². The van der Waals surface area contributed by atoms with Gasteiger partial charge in [0.1, 0.15) is 18.1 Å². The molecule has 0 unspecified atom stereocenters. The number of benzene rings is 2. The fourth-order valence-corrected chi connectivity index (χ4v) is 3.53. The molecule has 0 aliphatic carbocycles. The number of fused-ring (bicyclic) bond motifs is 2. The molecule has 0 saturated carbocycles. The summed E-state index contributed by atoms with van der Waals surface area (Å²) in [5.74, 6) is -1.02. The first-order valence-corrected chi connectivity index (χ1v) is 8.83. The number of hydrogen-bond acceptors (Lipinski definition) is 4. The SMILES string of the molecule is Cc1ccc(NC(=O)CN2C(=O)N[C@]3(CCOc4ccccc43)C2=O)cc1F. The number of amides is 4. The van der Waals surface area contributed by atoms with Gasteiger partial charge in [-0.3, -0.25) is 14.5 Å². The highest BCUT2D eigenvalue weighted by molar-refractivity contribution is 6.10. The van der Waals surface area contributed by atoms with Gasteiger partial charge in [-0.15, -0.1) is 0 Å². The first kappa shape index (κ1) is 18.0. The molecule has 4 rings (SSSR count). The van der Waals surface area contributed by atoms with Crippen molar-refractivity contribution >= 4 is 23.5 Å². The van der Waals surface area contributed by atoms with E-state index in [1.807, 2.05) is 0 Å². The number of anilines is 1. The molecule has 2 aromatic rings. The van der Waals surface area contributed by atoms with Gasteiger partial charge in [0.15, 0.2) is 5.54 Å². The third-order valence-electron chi connectivity index (χ3n) is 5.01. The van der Waals surface area contributed by atoms with E-state index in [9.17, 15) is 18.8 Å². The Bertz CT molecular complexity index is 993. The molecule has 1 saturated heterocycles. The number of ether oxygens (including phenoxy) is 1. The van der Waals surface area contributed by atoms with Crippen LogP contribution in [0.1, 0.15) is 17.5 Å². The average Bonchev–Trinajstić information content (AvgIpc) is 2.90. The van der Waals surface area contributed by atoms with E-state index in [4.69, 9.17) is 4.74 Å². The Morgan fingerprint density at radius 1 is 1.29 bits per heavy atom. The summed E-state index contributed by atoms with van der Waals surface area (Å²) in [4.78, 5) is 38.8. The highest BCUT2D eigenvalue weighted by Crippen LogP contribution is 2.40. The van der Waals surface area contributed by atoms with Crippen LogP contribution in [0.2, 0.25) is 0 Å². The van der Waals surface area contributed by atoms with Crippen molar-refractivity contribution in [2.45, 2.75) is 18.9 Å². The molecule has 0 bridgehead atoms. The van der Waals surface area contributed by atoms with Gasteiger partial charge < -0.3 is 15.4 Å². The molecular weight excluding hydrogens is 365 g/mol. The molecule has 2 aliphatic heterocycles. The van der Waals surface area contributed by atoms with Crippen molar-refractivity contribution < 1.29 is 23.5 Å². The maximum absolute atomic E-state index is 13.6. The fourth-order valence-electron chi connectivity index (χ4n) is 3.53. The molecule has 2 aromatic carbocycles. The Kier molecular flexibility index (Phi) is 4.26. The number of nitrogens with zero attached hydrogens (tertiary/aromatic N) is 1. The van der Waals surface area contributed by atoms with Crippen LogP contribution in [0.5, 0.6) is 5.75 Å². The lowest BCUT2D eigenvalue weighted by Crippen LogP contribution is -2.48. The summed E-state index contributed by atoms with van der Waals surface area (Å²) in [5.41, 5.74) is 0.0453. The van der Waals surface area contributed by atoms with Crippen molar-refractivity contribution in [1.29, 1.82) is 0 Å². The lowest BCUT2D eigenvalue weighted by atomic mass is 9.84. The summed E-state index contributed by atoms with van der Waals surface area (Å²) in [5, 5.41) is 5.24. The molecule has 2 heterocycles. The monoisotopic (exact) mass is 383 g/mol. The van der Waals surface area contributed by atoms with Gasteiger partial charge in [-0.05, 0) is 30.7 Å². The summed E-state index contributed by atoms with van der Waals surface area (Å²) >= 11 is 0. The van der Waals surface area contributed by atoms with Gasteiger partial charge in [-0.1, -0.05) is 24.3 Å². The minimum Gasteiger partial charge on any atom is -0.493 e. The molecule has 28 heavy (non-hydrogen) atoms. The zero-order chi connectivity index (χ0) is 19.9. The van der Waals surface area contributed by atoms with Crippen LogP contribution in [-0.4, -0.2) is 35.9 Å². The van der Waals surface area contributed by atoms with Gasteiger partial charge in [0.2, 0.25) is 5.91 Å². The van der Waals surface area contributed by atoms with Crippen molar-refractivity contribution in [2.75, 3.05) is 18.5 Å². The Hall–Kier alpha value is -3.42. The fraction of sp³-hybridized carbons (Fsp3) is 0.250. The number of hydrogen-bond donors (Lipinski definition) is 2.